The number of anilines is 1. The summed E-state index contributed by atoms with van der Waals surface area (Å²) in [5, 5.41) is 10.3. The summed E-state index contributed by atoms with van der Waals surface area (Å²) in [4.78, 5) is 8.87. The van der Waals surface area contributed by atoms with Crippen LogP contribution in [-0.4, -0.2) is 19.6 Å². The van der Waals surface area contributed by atoms with Gasteiger partial charge in [-0.25, -0.2) is 4.98 Å². The Labute approximate surface area is 134 Å². The largest absolute Gasteiger partial charge is 0.349 e. The Kier molecular flexibility index (Phi) is 3.19. The predicted octanol–water partition coefficient (Wildman–Crippen LogP) is 3.51. The van der Waals surface area contributed by atoms with Crippen LogP contribution in [0.3, 0.4) is 0 Å². The highest BCUT2D eigenvalue weighted by atomic mass is 15.4. The van der Waals surface area contributed by atoms with E-state index in [1.54, 1.807) is 4.52 Å². The molecule has 2 aromatic heterocycles. The fraction of sp³-hybridized carbons (Fsp3) is 0.167. The van der Waals surface area contributed by atoms with Crippen LogP contribution >= 0.6 is 0 Å². The molecule has 1 N–H and O–H groups in total. The molecule has 0 fully saturated rings. The Morgan fingerprint density at radius 3 is 2.74 bits per heavy atom. The molecule has 4 rings (SSSR count). The molecule has 23 heavy (non-hydrogen) atoms. The van der Waals surface area contributed by atoms with E-state index in [2.05, 4.69) is 62.8 Å². The van der Waals surface area contributed by atoms with Crippen LogP contribution in [0, 0.1) is 13.8 Å². The van der Waals surface area contributed by atoms with Crippen molar-refractivity contribution < 1.29 is 0 Å². The quantitative estimate of drug-likeness (QED) is 0.629. The maximum absolute atomic E-state index is 4.48. The Morgan fingerprint density at radius 1 is 1.00 bits per heavy atom. The van der Waals surface area contributed by atoms with Crippen LogP contribution < -0.4 is 5.32 Å². The topological polar surface area (TPSA) is 55.1 Å². The van der Waals surface area contributed by atoms with E-state index >= 15 is 0 Å². The van der Waals surface area contributed by atoms with Gasteiger partial charge in [-0.05, 0) is 36.2 Å². The van der Waals surface area contributed by atoms with Gasteiger partial charge in [0, 0.05) is 17.9 Å². The Morgan fingerprint density at radius 2 is 1.83 bits per heavy atom. The second kappa shape index (κ2) is 5.35. The Bertz CT molecular complexity index is 998. The molecule has 2 heterocycles. The molecule has 0 saturated carbocycles. The molecule has 4 aromatic rings. The Balaban J connectivity index is 1.65. The molecule has 0 aliphatic carbocycles. The summed E-state index contributed by atoms with van der Waals surface area (Å²) in [6, 6.07) is 16.7. The van der Waals surface area contributed by atoms with Crippen molar-refractivity contribution >= 4 is 22.5 Å². The van der Waals surface area contributed by atoms with Crippen LogP contribution in [0.4, 0.5) is 5.95 Å². The van der Waals surface area contributed by atoms with Crippen molar-refractivity contribution in [2.45, 2.75) is 20.4 Å². The molecule has 0 radical (unpaired) electrons. The zero-order valence-electron chi connectivity index (χ0n) is 13.1. The van der Waals surface area contributed by atoms with E-state index in [1.165, 1.54) is 16.3 Å². The number of fused-ring (bicyclic) bond motifs is 2. The predicted molar refractivity (Wildman–Crippen MR) is 91.5 cm³/mol. The number of nitrogens with zero attached hydrogens (tertiary/aromatic N) is 4. The maximum atomic E-state index is 4.48. The summed E-state index contributed by atoms with van der Waals surface area (Å²) in [5.74, 6) is 1.22. The molecular formula is C18H17N5. The molecule has 0 aliphatic rings. The van der Waals surface area contributed by atoms with E-state index in [-0.39, 0.29) is 0 Å². The van der Waals surface area contributed by atoms with Crippen LogP contribution in [0.25, 0.3) is 16.6 Å². The van der Waals surface area contributed by atoms with Gasteiger partial charge in [-0.2, -0.15) is 9.50 Å². The molecule has 0 saturated heterocycles. The van der Waals surface area contributed by atoms with E-state index in [0.717, 1.165) is 11.4 Å². The number of rotatable bonds is 3. The van der Waals surface area contributed by atoms with Crippen LogP contribution in [0.15, 0.2) is 48.5 Å². The lowest BCUT2D eigenvalue weighted by molar-refractivity contribution is 0.883. The highest BCUT2D eigenvalue weighted by Gasteiger charge is 2.08. The number of aromatic nitrogens is 4. The molecule has 0 spiro atoms. The van der Waals surface area contributed by atoms with Gasteiger partial charge in [-0.15, -0.1) is 5.10 Å². The smallest absolute Gasteiger partial charge is 0.254 e. The third kappa shape index (κ3) is 2.50. The summed E-state index contributed by atoms with van der Waals surface area (Å²) in [6.07, 6.45) is 0. The fourth-order valence-corrected chi connectivity index (χ4v) is 2.86. The number of nitrogens with one attached hydrogen (secondary N) is 1. The minimum absolute atomic E-state index is 0.596. The van der Waals surface area contributed by atoms with Gasteiger partial charge in [0.2, 0.25) is 5.95 Å². The lowest BCUT2D eigenvalue weighted by Gasteiger charge is -2.06. The summed E-state index contributed by atoms with van der Waals surface area (Å²) in [7, 11) is 0. The summed E-state index contributed by atoms with van der Waals surface area (Å²) in [6.45, 7) is 4.64. The van der Waals surface area contributed by atoms with Crippen molar-refractivity contribution in [3.05, 3.63) is 65.5 Å². The molecule has 0 bridgehead atoms. The zero-order chi connectivity index (χ0) is 15.8. The van der Waals surface area contributed by atoms with Gasteiger partial charge in [0.25, 0.3) is 5.78 Å². The van der Waals surface area contributed by atoms with E-state index in [0.29, 0.717) is 18.3 Å². The van der Waals surface area contributed by atoms with E-state index in [9.17, 15) is 0 Å². The molecule has 114 valence electrons. The number of aryl methyl sites for hydroxylation is 2. The van der Waals surface area contributed by atoms with Gasteiger partial charge >= 0.3 is 0 Å². The minimum atomic E-state index is 0.596. The van der Waals surface area contributed by atoms with Gasteiger partial charge in [0.1, 0.15) is 0 Å². The van der Waals surface area contributed by atoms with Crippen molar-refractivity contribution in [2.75, 3.05) is 5.32 Å². The molecule has 5 nitrogen and oxygen atoms in total. The van der Waals surface area contributed by atoms with Gasteiger partial charge in [0.05, 0.1) is 0 Å². The lowest BCUT2D eigenvalue weighted by atomic mass is 10.0. The van der Waals surface area contributed by atoms with Crippen LogP contribution in [-0.2, 0) is 6.54 Å². The third-order valence-electron chi connectivity index (χ3n) is 3.94. The standard InChI is InChI=1S/C18H17N5/c1-12-10-13(2)23-18(20-12)21-17(22-23)19-11-15-8-5-7-14-6-3-4-9-16(14)15/h3-10H,11H2,1-2H3,(H,19,22). The summed E-state index contributed by atoms with van der Waals surface area (Å²) in [5.41, 5.74) is 3.20. The van der Waals surface area contributed by atoms with E-state index < -0.39 is 0 Å². The van der Waals surface area contributed by atoms with E-state index in [1.807, 2.05) is 19.9 Å². The summed E-state index contributed by atoms with van der Waals surface area (Å²) < 4.78 is 1.76. The van der Waals surface area contributed by atoms with Crippen molar-refractivity contribution in [3.8, 4) is 0 Å². The third-order valence-corrected chi connectivity index (χ3v) is 3.94. The monoisotopic (exact) mass is 303 g/mol. The first-order valence-corrected chi connectivity index (χ1v) is 7.62. The molecular weight excluding hydrogens is 286 g/mol. The lowest BCUT2D eigenvalue weighted by Crippen LogP contribution is -2.02. The van der Waals surface area contributed by atoms with E-state index in [4.69, 9.17) is 0 Å². The first kappa shape index (κ1) is 13.7. The van der Waals surface area contributed by atoms with Crippen molar-refractivity contribution in [1.29, 1.82) is 0 Å². The number of hydrogen-bond donors (Lipinski definition) is 1. The molecule has 0 aliphatic heterocycles. The maximum Gasteiger partial charge on any atom is 0.254 e. The minimum Gasteiger partial charge on any atom is -0.349 e. The summed E-state index contributed by atoms with van der Waals surface area (Å²) >= 11 is 0. The van der Waals surface area contributed by atoms with Gasteiger partial charge in [-0.3, -0.25) is 0 Å². The normalized spacial score (nSPS) is 11.2. The number of hydrogen-bond acceptors (Lipinski definition) is 4. The molecule has 2 aromatic carbocycles. The average Bonchev–Trinajstić information content (AvgIpc) is 2.96. The van der Waals surface area contributed by atoms with Crippen LogP contribution in [0.1, 0.15) is 17.0 Å². The first-order chi connectivity index (χ1) is 11.2. The molecule has 0 amide bonds. The van der Waals surface area contributed by atoms with Gasteiger partial charge < -0.3 is 5.32 Å². The van der Waals surface area contributed by atoms with Crippen molar-refractivity contribution in [2.24, 2.45) is 0 Å². The second-order valence-electron chi connectivity index (χ2n) is 5.68. The average molecular weight is 303 g/mol. The van der Waals surface area contributed by atoms with Crippen molar-refractivity contribution in [3.63, 3.8) is 0 Å². The van der Waals surface area contributed by atoms with Crippen LogP contribution in [0.5, 0.6) is 0 Å². The molecule has 0 atom stereocenters. The highest BCUT2D eigenvalue weighted by Crippen LogP contribution is 2.19. The number of benzene rings is 2. The first-order valence-electron chi connectivity index (χ1n) is 7.62. The second-order valence-corrected chi connectivity index (χ2v) is 5.68. The van der Waals surface area contributed by atoms with Crippen molar-refractivity contribution in [1.82, 2.24) is 19.6 Å². The SMILES string of the molecule is Cc1cc(C)n2nc(NCc3cccc4ccccc34)nc2n1. The zero-order valence-corrected chi connectivity index (χ0v) is 13.1. The highest BCUT2D eigenvalue weighted by molar-refractivity contribution is 5.85. The Hall–Kier alpha value is -2.95. The van der Waals surface area contributed by atoms with Gasteiger partial charge in [-0.1, -0.05) is 42.5 Å². The fourth-order valence-electron chi connectivity index (χ4n) is 2.86. The van der Waals surface area contributed by atoms with Gasteiger partial charge in [0.15, 0.2) is 0 Å². The molecule has 5 heteroatoms. The van der Waals surface area contributed by atoms with Crippen LogP contribution in [0.2, 0.25) is 0 Å². The molecule has 0 unspecified atom stereocenters.